The van der Waals surface area contributed by atoms with Gasteiger partial charge in [-0.3, -0.25) is 0 Å². The average Bonchev–Trinajstić information content (AvgIpc) is 1.83. The molecule has 0 aromatic carbocycles. The van der Waals surface area contributed by atoms with Crippen LogP contribution in [0.3, 0.4) is 0 Å². The Morgan fingerprint density at radius 1 is 1.50 bits per heavy atom. The zero-order valence-electron chi connectivity index (χ0n) is 7.35. The summed E-state index contributed by atoms with van der Waals surface area (Å²) in [6.07, 6.45) is -0.116. The topological polar surface area (TPSA) is 18.5 Å². The maximum atomic E-state index is 12.9. The summed E-state index contributed by atoms with van der Waals surface area (Å²) in [5, 5.41) is 0. The lowest BCUT2D eigenvalue weighted by atomic mass is 10.1. The molecule has 1 aliphatic heterocycles. The summed E-state index contributed by atoms with van der Waals surface area (Å²) in [6, 6.07) is 0. The first-order valence-corrected chi connectivity index (χ1v) is 4.09. The lowest BCUT2D eigenvalue weighted by Gasteiger charge is -2.29. The van der Waals surface area contributed by atoms with E-state index in [2.05, 4.69) is 0 Å². The van der Waals surface area contributed by atoms with Crippen LogP contribution in [0.25, 0.3) is 0 Å². The predicted molar refractivity (Wildman–Crippen MR) is 40.3 cm³/mol. The maximum absolute atomic E-state index is 12.9. The molecule has 1 rings (SSSR count). The Labute approximate surface area is 70.8 Å². The van der Waals surface area contributed by atoms with Gasteiger partial charge in [-0.2, -0.15) is 0 Å². The van der Waals surface area contributed by atoms with Gasteiger partial charge in [-0.05, 0) is 0 Å². The van der Waals surface area contributed by atoms with Gasteiger partial charge >= 0.3 is 0 Å². The molecule has 0 aliphatic carbocycles. The molecule has 0 atom stereocenters. The summed E-state index contributed by atoms with van der Waals surface area (Å²) in [6.45, 7) is 3.39. The SMILES string of the molecule is CC(C)C(F)(F)COC1COC1. The second-order valence-corrected chi connectivity index (χ2v) is 3.39. The standard InChI is InChI=1S/C8H14F2O2/c1-6(2)8(9,10)5-12-7-3-11-4-7/h6-7H,3-5H2,1-2H3. The molecule has 1 aliphatic rings. The van der Waals surface area contributed by atoms with Crippen LogP contribution < -0.4 is 0 Å². The van der Waals surface area contributed by atoms with Crippen LogP contribution in [-0.2, 0) is 9.47 Å². The van der Waals surface area contributed by atoms with E-state index in [0.717, 1.165) is 0 Å². The minimum atomic E-state index is -2.71. The van der Waals surface area contributed by atoms with Gasteiger partial charge in [0.2, 0.25) is 0 Å². The number of alkyl halides is 2. The van der Waals surface area contributed by atoms with E-state index in [4.69, 9.17) is 9.47 Å². The van der Waals surface area contributed by atoms with Crippen molar-refractivity contribution >= 4 is 0 Å². The van der Waals surface area contributed by atoms with Crippen molar-refractivity contribution in [3.63, 3.8) is 0 Å². The molecular weight excluding hydrogens is 166 g/mol. The van der Waals surface area contributed by atoms with Crippen molar-refractivity contribution in [2.75, 3.05) is 19.8 Å². The summed E-state index contributed by atoms with van der Waals surface area (Å²) in [7, 11) is 0. The molecule has 1 fully saturated rings. The Balaban J connectivity index is 2.19. The van der Waals surface area contributed by atoms with E-state index in [1.165, 1.54) is 13.8 Å². The average molecular weight is 180 g/mol. The summed E-state index contributed by atoms with van der Waals surface area (Å²) >= 11 is 0. The predicted octanol–water partition coefficient (Wildman–Crippen LogP) is 1.69. The van der Waals surface area contributed by atoms with Gasteiger partial charge in [-0.25, -0.2) is 8.78 Å². The van der Waals surface area contributed by atoms with E-state index in [1.54, 1.807) is 0 Å². The number of halogens is 2. The molecule has 0 saturated carbocycles. The second-order valence-electron chi connectivity index (χ2n) is 3.39. The van der Waals surface area contributed by atoms with Gasteiger partial charge in [0.25, 0.3) is 5.92 Å². The highest BCUT2D eigenvalue weighted by atomic mass is 19.3. The summed E-state index contributed by atoms with van der Waals surface area (Å²) in [5.74, 6) is -3.38. The van der Waals surface area contributed by atoms with Gasteiger partial charge in [-0.15, -0.1) is 0 Å². The molecule has 0 aromatic heterocycles. The lowest BCUT2D eigenvalue weighted by molar-refractivity contribution is -0.183. The molecule has 0 spiro atoms. The first-order chi connectivity index (χ1) is 5.52. The molecule has 1 saturated heterocycles. The summed E-state index contributed by atoms with van der Waals surface area (Å²) in [5.41, 5.74) is 0. The van der Waals surface area contributed by atoms with Crippen molar-refractivity contribution in [3.05, 3.63) is 0 Å². The molecule has 12 heavy (non-hydrogen) atoms. The monoisotopic (exact) mass is 180 g/mol. The van der Waals surface area contributed by atoms with Crippen LogP contribution >= 0.6 is 0 Å². The molecular formula is C8H14F2O2. The van der Waals surface area contributed by atoms with Crippen molar-refractivity contribution in [1.29, 1.82) is 0 Å². The highest BCUT2D eigenvalue weighted by molar-refractivity contribution is 4.72. The second kappa shape index (κ2) is 3.66. The Morgan fingerprint density at radius 3 is 2.42 bits per heavy atom. The van der Waals surface area contributed by atoms with Crippen molar-refractivity contribution < 1.29 is 18.3 Å². The van der Waals surface area contributed by atoms with Crippen LogP contribution in [-0.4, -0.2) is 31.8 Å². The van der Waals surface area contributed by atoms with E-state index >= 15 is 0 Å². The molecule has 2 nitrogen and oxygen atoms in total. The van der Waals surface area contributed by atoms with E-state index in [-0.39, 0.29) is 6.10 Å². The minimum absolute atomic E-state index is 0.116. The van der Waals surface area contributed by atoms with Gasteiger partial charge in [-0.1, -0.05) is 13.8 Å². The molecule has 4 heteroatoms. The van der Waals surface area contributed by atoms with Gasteiger partial charge in [0.05, 0.1) is 13.2 Å². The van der Waals surface area contributed by atoms with Crippen molar-refractivity contribution in [3.8, 4) is 0 Å². The van der Waals surface area contributed by atoms with E-state index in [0.29, 0.717) is 13.2 Å². The van der Waals surface area contributed by atoms with Gasteiger partial charge < -0.3 is 9.47 Å². The molecule has 0 amide bonds. The largest absolute Gasteiger partial charge is 0.376 e. The summed E-state index contributed by atoms with van der Waals surface area (Å²) < 4.78 is 35.5. The molecule has 0 aromatic rings. The summed E-state index contributed by atoms with van der Waals surface area (Å²) in [4.78, 5) is 0. The van der Waals surface area contributed by atoms with Crippen LogP contribution in [0.4, 0.5) is 8.78 Å². The fraction of sp³-hybridized carbons (Fsp3) is 1.00. The van der Waals surface area contributed by atoms with Crippen LogP contribution in [0.15, 0.2) is 0 Å². The highest BCUT2D eigenvalue weighted by Gasteiger charge is 2.35. The van der Waals surface area contributed by atoms with Crippen LogP contribution in [0, 0.1) is 5.92 Å². The Bertz CT molecular complexity index is 144. The third kappa shape index (κ3) is 2.38. The first-order valence-electron chi connectivity index (χ1n) is 4.09. The number of hydrogen-bond acceptors (Lipinski definition) is 2. The fourth-order valence-corrected chi connectivity index (χ4v) is 0.706. The normalized spacial score (nSPS) is 19.8. The highest BCUT2D eigenvalue weighted by Crippen LogP contribution is 2.25. The Kier molecular flexibility index (Phi) is 3.01. The molecule has 0 bridgehead atoms. The quantitative estimate of drug-likeness (QED) is 0.655. The van der Waals surface area contributed by atoms with Crippen LogP contribution in [0.2, 0.25) is 0 Å². The molecule has 1 heterocycles. The number of rotatable bonds is 4. The van der Waals surface area contributed by atoms with Crippen molar-refractivity contribution in [1.82, 2.24) is 0 Å². The van der Waals surface area contributed by atoms with E-state index in [9.17, 15) is 8.78 Å². The van der Waals surface area contributed by atoms with Crippen molar-refractivity contribution in [2.45, 2.75) is 25.9 Å². The lowest BCUT2D eigenvalue weighted by Crippen LogP contribution is -2.40. The van der Waals surface area contributed by atoms with Gasteiger partial charge in [0, 0.05) is 5.92 Å². The Morgan fingerprint density at radius 2 is 2.08 bits per heavy atom. The first kappa shape index (κ1) is 9.86. The third-order valence-corrected chi connectivity index (χ3v) is 1.96. The smallest absolute Gasteiger partial charge is 0.273 e. The van der Waals surface area contributed by atoms with E-state index in [1.807, 2.05) is 0 Å². The van der Waals surface area contributed by atoms with Crippen LogP contribution in [0.5, 0.6) is 0 Å². The zero-order valence-corrected chi connectivity index (χ0v) is 7.35. The molecule has 72 valence electrons. The molecule has 0 radical (unpaired) electrons. The zero-order chi connectivity index (χ0) is 9.19. The van der Waals surface area contributed by atoms with Gasteiger partial charge in [0.15, 0.2) is 0 Å². The number of ether oxygens (including phenoxy) is 2. The molecule has 0 unspecified atom stereocenters. The van der Waals surface area contributed by atoms with E-state index < -0.39 is 18.4 Å². The number of hydrogen-bond donors (Lipinski definition) is 0. The van der Waals surface area contributed by atoms with Crippen molar-refractivity contribution in [2.24, 2.45) is 5.92 Å². The third-order valence-electron chi connectivity index (χ3n) is 1.96. The van der Waals surface area contributed by atoms with Gasteiger partial charge in [0.1, 0.15) is 12.7 Å². The minimum Gasteiger partial charge on any atom is -0.376 e. The Hall–Kier alpha value is -0.220. The molecule has 0 N–H and O–H groups in total. The fourth-order valence-electron chi connectivity index (χ4n) is 0.706. The maximum Gasteiger partial charge on any atom is 0.273 e. The van der Waals surface area contributed by atoms with Crippen LogP contribution in [0.1, 0.15) is 13.8 Å².